The predicted molar refractivity (Wildman–Crippen MR) is 128 cm³/mol. The van der Waals surface area contributed by atoms with Gasteiger partial charge in [-0.1, -0.05) is 11.6 Å². The van der Waals surface area contributed by atoms with Crippen molar-refractivity contribution < 1.29 is 19.1 Å². The number of halogens is 1. The maximum Gasteiger partial charge on any atom is 0.274 e. The molecule has 4 aromatic rings. The fraction of sp³-hybridized carbons (Fsp3) is 0.261. The molecule has 35 heavy (non-hydrogen) atoms. The van der Waals surface area contributed by atoms with Crippen molar-refractivity contribution in [3.05, 3.63) is 58.5 Å². The lowest BCUT2D eigenvalue weighted by molar-refractivity contribution is -0.0814. The van der Waals surface area contributed by atoms with Crippen LogP contribution in [0.4, 0.5) is 5.69 Å². The van der Waals surface area contributed by atoms with Gasteiger partial charge in [-0.15, -0.1) is 5.10 Å². The minimum absolute atomic E-state index is 0.131. The van der Waals surface area contributed by atoms with Gasteiger partial charge < -0.3 is 20.1 Å². The van der Waals surface area contributed by atoms with Crippen LogP contribution >= 0.6 is 11.6 Å². The molecule has 1 aromatic carbocycles. The van der Waals surface area contributed by atoms with Gasteiger partial charge in [0.2, 0.25) is 5.88 Å². The topological polar surface area (TPSA) is 136 Å². The summed E-state index contributed by atoms with van der Waals surface area (Å²) in [5.41, 5.74) is 1.99. The minimum Gasteiger partial charge on any atom is -0.468 e. The smallest absolute Gasteiger partial charge is 0.274 e. The van der Waals surface area contributed by atoms with E-state index >= 15 is 0 Å². The Labute approximate surface area is 204 Å². The number of ether oxygens (including phenoxy) is 2. The van der Waals surface area contributed by atoms with Crippen LogP contribution in [0.1, 0.15) is 33.3 Å². The van der Waals surface area contributed by atoms with E-state index in [0.717, 1.165) is 5.39 Å². The first-order valence-electron chi connectivity index (χ1n) is 11.0. The largest absolute Gasteiger partial charge is 0.468 e. The van der Waals surface area contributed by atoms with Crippen LogP contribution in [0.25, 0.3) is 16.7 Å². The number of H-pyrrole nitrogens is 1. The van der Waals surface area contributed by atoms with Crippen molar-refractivity contribution in [1.29, 1.82) is 0 Å². The zero-order chi connectivity index (χ0) is 24.5. The molecule has 1 saturated heterocycles. The Morgan fingerprint density at radius 3 is 2.86 bits per heavy atom. The van der Waals surface area contributed by atoms with Gasteiger partial charge in [0.25, 0.3) is 11.8 Å². The van der Waals surface area contributed by atoms with Crippen molar-refractivity contribution in [2.45, 2.75) is 20.0 Å². The molecule has 1 aliphatic heterocycles. The van der Waals surface area contributed by atoms with Crippen molar-refractivity contribution in [3.8, 4) is 11.7 Å². The highest BCUT2D eigenvalue weighted by atomic mass is 35.5. The summed E-state index contributed by atoms with van der Waals surface area (Å²) in [4.78, 5) is 30.8. The second-order valence-electron chi connectivity index (χ2n) is 7.96. The maximum atomic E-state index is 13.6. The van der Waals surface area contributed by atoms with Gasteiger partial charge in [0.15, 0.2) is 5.82 Å². The van der Waals surface area contributed by atoms with E-state index < -0.39 is 5.91 Å². The highest BCUT2D eigenvalue weighted by Gasteiger charge is 2.27. The van der Waals surface area contributed by atoms with E-state index in [1.165, 1.54) is 10.7 Å². The molecule has 0 radical (unpaired) electrons. The average molecular weight is 496 g/mol. The first kappa shape index (κ1) is 22.8. The Balaban J connectivity index is 1.57. The van der Waals surface area contributed by atoms with Gasteiger partial charge >= 0.3 is 0 Å². The number of aryl methyl sites for hydroxylation is 1. The van der Waals surface area contributed by atoms with Crippen molar-refractivity contribution >= 4 is 40.0 Å². The monoisotopic (exact) mass is 495 g/mol. The SMILES string of the molecule is CCNC(=O)c1c(NC(=O)c2cc(OC3COC3)nn2-c2ncccc2Cl)c(C)cc2cn[nH]c12. The zero-order valence-electron chi connectivity index (χ0n) is 19.0. The molecule has 0 bridgehead atoms. The van der Waals surface area contributed by atoms with E-state index in [2.05, 4.69) is 30.9 Å². The number of hydrogen-bond acceptors (Lipinski definition) is 7. The first-order chi connectivity index (χ1) is 17.0. The first-order valence-corrected chi connectivity index (χ1v) is 11.4. The fourth-order valence-electron chi connectivity index (χ4n) is 3.77. The molecule has 4 heterocycles. The second kappa shape index (κ2) is 9.35. The lowest BCUT2D eigenvalue weighted by Crippen LogP contribution is -2.38. The summed E-state index contributed by atoms with van der Waals surface area (Å²) in [7, 11) is 0. The van der Waals surface area contributed by atoms with Gasteiger partial charge in [0.05, 0.1) is 41.2 Å². The van der Waals surface area contributed by atoms with Gasteiger partial charge in [-0.3, -0.25) is 14.7 Å². The molecule has 12 heteroatoms. The summed E-state index contributed by atoms with van der Waals surface area (Å²) in [5.74, 6) is -0.360. The molecule has 2 amide bonds. The van der Waals surface area contributed by atoms with Crippen LogP contribution in [0.15, 0.2) is 36.7 Å². The number of carbonyl (C=O) groups is 2. The molecular weight excluding hydrogens is 474 g/mol. The number of rotatable bonds is 7. The number of fused-ring (bicyclic) bond motifs is 1. The van der Waals surface area contributed by atoms with E-state index in [0.29, 0.717) is 41.5 Å². The number of amides is 2. The molecule has 0 spiro atoms. The Kier molecular flexibility index (Phi) is 6.10. The molecule has 11 nitrogen and oxygen atoms in total. The Hall–Kier alpha value is -3.96. The van der Waals surface area contributed by atoms with E-state index in [1.807, 2.05) is 19.9 Å². The number of nitrogens with zero attached hydrogens (tertiary/aromatic N) is 4. The van der Waals surface area contributed by atoms with Crippen molar-refractivity contribution in [2.24, 2.45) is 0 Å². The molecule has 1 fully saturated rings. The van der Waals surface area contributed by atoms with Crippen LogP contribution in [0, 0.1) is 6.92 Å². The number of carbonyl (C=O) groups excluding carboxylic acids is 2. The number of aromatic amines is 1. The van der Waals surface area contributed by atoms with E-state index in [4.69, 9.17) is 21.1 Å². The quantitative estimate of drug-likeness (QED) is 0.358. The van der Waals surface area contributed by atoms with Gasteiger partial charge in [-0.25, -0.2) is 9.67 Å². The molecule has 0 aliphatic carbocycles. The summed E-state index contributed by atoms with van der Waals surface area (Å²) < 4.78 is 12.3. The van der Waals surface area contributed by atoms with Crippen molar-refractivity contribution in [3.63, 3.8) is 0 Å². The fourth-order valence-corrected chi connectivity index (χ4v) is 3.98. The maximum absolute atomic E-state index is 13.6. The number of pyridine rings is 1. The third-order valence-corrected chi connectivity index (χ3v) is 5.79. The van der Waals surface area contributed by atoms with Crippen molar-refractivity contribution in [2.75, 3.05) is 25.1 Å². The lowest BCUT2D eigenvalue weighted by Gasteiger charge is -2.25. The summed E-state index contributed by atoms with van der Waals surface area (Å²) in [5, 5.41) is 18.1. The number of hydrogen-bond donors (Lipinski definition) is 3. The van der Waals surface area contributed by atoms with Crippen LogP contribution in [0.3, 0.4) is 0 Å². The number of aromatic nitrogens is 5. The minimum atomic E-state index is -0.522. The molecule has 0 saturated carbocycles. The van der Waals surface area contributed by atoms with Crippen LogP contribution < -0.4 is 15.4 Å². The Bertz CT molecular complexity index is 1430. The number of benzene rings is 1. The highest BCUT2D eigenvalue weighted by molar-refractivity contribution is 6.32. The molecule has 5 rings (SSSR count). The lowest BCUT2D eigenvalue weighted by atomic mass is 10.0. The van der Waals surface area contributed by atoms with Crippen LogP contribution in [-0.2, 0) is 4.74 Å². The predicted octanol–water partition coefficient (Wildman–Crippen LogP) is 2.89. The summed E-state index contributed by atoms with van der Waals surface area (Å²) in [6.45, 7) is 4.94. The number of nitrogens with one attached hydrogen (secondary N) is 3. The van der Waals surface area contributed by atoms with Gasteiger partial charge in [0.1, 0.15) is 11.8 Å². The standard InChI is InChI=1S/C23H22ClN7O4/c1-3-25-23(33)18-19(12(2)7-13-9-27-29-20(13)18)28-22(32)16-8-17(35-14-10-34-11-14)30-31(16)21-15(24)5-4-6-26-21/h4-9,14H,3,10-11H2,1-2H3,(H,25,33)(H,27,29)(H,28,32). The average Bonchev–Trinajstić information content (AvgIpc) is 3.44. The molecular formula is C23H22ClN7O4. The van der Waals surface area contributed by atoms with Crippen LogP contribution in [0.2, 0.25) is 5.02 Å². The normalized spacial score (nSPS) is 13.5. The van der Waals surface area contributed by atoms with Crippen LogP contribution in [0.5, 0.6) is 5.88 Å². The summed E-state index contributed by atoms with van der Waals surface area (Å²) in [6.07, 6.45) is 3.03. The molecule has 0 unspecified atom stereocenters. The van der Waals surface area contributed by atoms with E-state index in [1.54, 1.807) is 24.5 Å². The molecule has 3 aromatic heterocycles. The third kappa shape index (κ3) is 4.31. The number of anilines is 1. The third-order valence-electron chi connectivity index (χ3n) is 5.49. The molecule has 0 atom stereocenters. The summed E-state index contributed by atoms with van der Waals surface area (Å²) >= 11 is 6.35. The Morgan fingerprint density at radius 2 is 2.14 bits per heavy atom. The summed E-state index contributed by atoms with van der Waals surface area (Å²) in [6, 6.07) is 6.68. The van der Waals surface area contributed by atoms with Gasteiger partial charge in [-0.2, -0.15) is 5.10 Å². The Morgan fingerprint density at radius 1 is 1.31 bits per heavy atom. The van der Waals surface area contributed by atoms with E-state index in [-0.39, 0.29) is 35.0 Å². The second-order valence-corrected chi connectivity index (χ2v) is 8.36. The molecule has 1 aliphatic rings. The van der Waals surface area contributed by atoms with Crippen molar-refractivity contribution in [1.82, 2.24) is 30.3 Å². The highest BCUT2D eigenvalue weighted by Crippen LogP contribution is 2.30. The van der Waals surface area contributed by atoms with E-state index in [9.17, 15) is 9.59 Å². The molecule has 3 N–H and O–H groups in total. The molecule has 180 valence electrons. The van der Waals surface area contributed by atoms with Crippen LogP contribution in [-0.4, -0.2) is 62.6 Å². The van der Waals surface area contributed by atoms with Gasteiger partial charge in [-0.05, 0) is 37.6 Å². The van der Waals surface area contributed by atoms with Gasteiger partial charge in [0, 0.05) is 24.2 Å². The zero-order valence-corrected chi connectivity index (χ0v) is 19.7.